The van der Waals surface area contributed by atoms with Gasteiger partial charge in [-0.1, -0.05) is 31.2 Å². The van der Waals surface area contributed by atoms with E-state index in [0.717, 1.165) is 31.2 Å². The quantitative estimate of drug-likeness (QED) is 0.0279. The second-order valence-corrected chi connectivity index (χ2v) is 21.2. The lowest BCUT2D eigenvalue weighted by Gasteiger charge is -2.42. The molecule has 0 bridgehead atoms. The summed E-state index contributed by atoms with van der Waals surface area (Å²) in [4.78, 5) is 68.0. The summed E-state index contributed by atoms with van der Waals surface area (Å²) in [7, 11) is 0. The fraction of sp³-hybridized carbons (Fsp3) is 0.796. The number of benzene rings is 1. The maximum atomic E-state index is 14.3. The van der Waals surface area contributed by atoms with Crippen LogP contribution in [0.15, 0.2) is 24.3 Å². The van der Waals surface area contributed by atoms with Crippen LogP contribution in [0.3, 0.4) is 0 Å². The molecule has 14 unspecified atom stereocenters. The van der Waals surface area contributed by atoms with Gasteiger partial charge in [-0.25, -0.2) is 0 Å². The minimum absolute atomic E-state index is 0.00236. The van der Waals surface area contributed by atoms with Crippen molar-refractivity contribution in [2.24, 2.45) is 11.8 Å². The first-order valence-corrected chi connectivity index (χ1v) is 28.5. The Balaban J connectivity index is 1.20. The smallest absolute Gasteiger partial charge is 0.237 e. The molecule has 4 aliphatic rings. The van der Waals surface area contributed by atoms with E-state index in [4.69, 9.17) is 42.6 Å². The Kier molecular flexibility index (Phi) is 31.3. The Bertz CT molecular complexity index is 2060. The molecule has 3 aliphatic heterocycles. The van der Waals surface area contributed by atoms with Crippen LogP contribution < -0.4 is 26.6 Å². The highest BCUT2D eigenvalue weighted by Crippen LogP contribution is 2.29. The van der Waals surface area contributed by atoms with Gasteiger partial charge in [0, 0.05) is 51.9 Å². The Labute approximate surface area is 482 Å². The molecule has 4 fully saturated rings. The van der Waals surface area contributed by atoms with Crippen molar-refractivity contribution in [1.82, 2.24) is 31.5 Å². The molecule has 29 nitrogen and oxygen atoms in total. The van der Waals surface area contributed by atoms with E-state index in [1.807, 2.05) is 12.1 Å². The van der Waals surface area contributed by atoms with Crippen molar-refractivity contribution in [2.45, 2.75) is 151 Å². The Hall–Kier alpha value is -4.19. The highest BCUT2D eigenvalue weighted by Gasteiger charge is 2.45. The molecule has 3 saturated heterocycles. The molecule has 1 aliphatic carbocycles. The van der Waals surface area contributed by atoms with E-state index >= 15 is 0 Å². The number of carbonyl (C=O) groups is 5. The molecule has 29 heteroatoms. The molecule has 14 atom stereocenters. The molecule has 5 amide bonds. The Morgan fingerprint density at radius 2 is 1.05 bits per heavy atom. The van der Waals surface area contributed by atoms with Crippen LogP contribution in [-0.4, -0.2) is 278 Å². The number of rotatable bonds is 36. The fourth-order valence-corrected chi connectivity index (χ4v) is 9.87. The van der Waals surface area contributed by atoms with Gasteiger partial charge in [-0.15, -0.1) is 0 Å². The number of hydrogen-bond acceptors (Lipinski definition) is 24. The summed E-state index contributed by atoms with van der Waals surface area (Å²) in [5.41, 5.74) is 1.50. The van der Waals surface area contributed by atoms with Gasteiger partial charge in [0.25, 0.3) is 0 Å². The zero-order valence-corrected chi connectivity index (χ0v) is 47.4. The van der Waals surface area contributed by atoms with E-state index in [9.17, 15) is 69.9 Å². The molecular weight excluding hydrogens is 1100 g/mol. The van der Waals surface area contributed by atoms with Gasteiger partial charge in [0.1, 0.15) is 48.8 Å². The minimum atomic E-state index is -1.50. The normalized spacial score (nSPS) is 29.6. The highest BCUT2D eigenvalue weighted by molar-refractivity contribution is 5.86. The number of nitrogens with zero attached hydrogens (tertiary/aromatic N) is 1. The van der Waals surface area contributed by atoms with Gasteiger partial charge >= 0.3 is 0 Å². The summed E-state index contributed by atoms with van der Waals surface area (Å²) in [6.45, 7) is 1.23. The molecule has 1 aromatic carbocycles. The number of ether oxygens (including phenoxy) is 9. The van der Waals surface area contributed by atoms with Crippen molar-refractivity contribution in [2.75, 3.05) is 112 Å². The first-order valence-electron chi connectivity index (χ1n) is 28.5. The van der Waals surface area contributed by atoms with E-state index in [1.54, 1.807) is 12.1 Å². The largest absolute Gasteiger partial charge is 0.394 e. The molecule has 1 saturated carbocycles. The second kappa shape index (κ2) is 37.4. The van der Waals surface area contributed by atoms with E-state index in [2.05, 4.69) is 33.5 Å². The third-order valence-corrected chi connectivity index (χ3v) is 14.7. The van der Waals surface area contributed by atoms with E-state index in [0.29, 0.717) is 18.0 Å². The van der Waals surface area contributed by atoms with Crippen LogP contribution in [0.4, 0.5) is 0 Å². The summed E-state index contributed by atoms with van der Waals surface area (Å²) in [5, 5.41) is 103. The first kappa shape index (κ1) is 69.6. The molecular formula is C54H90N6O23. The molecule has 1 aromatic rings. The fourth-order valence-electron chi connectivity index (χ4n) is 9.87. The second-order valence-electron chi connectivity index (χ2n) is 21.2. The number of aliphatic hydroxyl groups is 9. The van der Waals surface area contributed by atoms with E-state index in [-0.39, 0.29) is 110 Å². The van der Waals surface area contributed by atoms with Crippen molar-refractivity contribution in [3.8, 4) is 0 Å². The third kappa shape index (κ3) is 23.9. The minimum Gasteiger partial charge on any atom is -0.394 e. The lowest BCUT2D eigenvalue weighted by molar-refractivity contribution is -0.272. The highest BCUT2D eigenvalue weighted by atomic mass is 16.7. The molecule has 0 aromatic heterocycles. The lowest BCUT2D eigenvalue weighted by atomic mass is 9.82. The molecule has 0 spiro atoms. The third-order valence-electron chi connectivity index (χ3n) is 14.7. The predicted molar refractivity (Wildman–Crippen MR) is 288 cm³/mol. The van der Waals surface area contributed by atoms with Gasteiger partial charge in [-0.3, -0.25) is 28.9 Å². The van der Waals surface area contributed by atoms with Gasteiger partial charge in [0.05, 0.1) is 111 Å². The lowest BCUT2D eigenvalue weighted by Crippen LogP contribution is -2.64. The number of aliphatic hydroxyl groups excluding tert-OH is 9. The summed E-state index contributed by atoms with van der Waals surface area (Å²) in [6.07, 6.45) is -10.4. The SMILES string of the molecule is CC(=O)NC1C(OCCOCCNC(=O)CN(CC(=O)NCCOCCOC2CC(O)C(O)C(CO)O2)C(Cc2ccc(CNC(=O)C3CCC(C)CC3)cc2)C(=O)NCCOCCOC2CC(O)C(O)C(CO)O2)OC(CO)C(O)C1O. The molecule has 5 rings (SSSR count). The maximum Gasteiger partial charge on any atom is 0.237 e. The first-order chi connectivity index (χ1) is 39.9. The molecule has 0 radical (unpaired) electrons. The van der Waals surface area contributed by atoms with Crippen molar-refractivity contribution in [3.05, 3.63) is 35.4 Å². The van der Waals surface area contributed by atoms with E-state index in [1.165, 1.54) is 11.8 Å². The average molecular weight is 1190 g/mol. The van der Waals surface area contributed by atoms with Crippen LogP contribution in [0.1, 0.15) is 63.5 Å². The molecule has 3 heterocycles. The summed E-state index contributed by atoms with van der Waals surface area (Å²) in [6, 6.07) is 5.00. The van der Waals surface area contributed by atoms with E-state index < -0.39 is 142 Å². The Morgan fingerprint density at radius 3 is 1.54 bits per heavy atom. The van der Waals surface area contributed by atoms with Crippen LogP contribution in [0.25, 0.3) is 0 Å². The van der Waals surface area contributed by atoms with Gasteiger partial charge in [-0.05, 0) is 49.1 Å². The van der Waals surface area contributed by atoms with Crippen LogP contribution >= 0.6 is 0 Å². The average Bonchev–Trinajstić information content (AvgIpc) is 3.65. The van der Waals surface area contributed by atoms with Crippen molar-refractivity contribution >= 4 is 29.5 Å². The summed E-state index contributed by atoms with van der Waals surface area (Å²) < 4.78 is 50.3. The van der Waals surface area contributed by atoms with Gasteiger partial charge in [0.2, 0.25) is 29.5 Å². The summed E-state index contributed by atoms with van der Waals surface area (Å²) in [5.74, 6) is -1.61. The summed E-state index contributed by atoms with van der Waals surface area (Å²) >= 11 is 0. The van der Waals surface area contributed by atoms with Gasteiger partial charge < -0.3 is 115 Å². The van der Waals surface area contributed by atoms with Crippen LogP contribution in [-0.2, 0) is 79.6 Å². The zero-order valence-electron chi connectivity index (χ0n) is 47.4. The number of amides is 5. The predicted octanol–water partition coefficient (Wildman–Crippen LogP) is -5.61. The number of hydrogen-bond donors (Lipinski definition) is 14. The van der Waals surface area contributed by atoms with Crippen LogP contribution in [0.5, 0.6) is 0 Å². The monoisotopic (exact) mass is 1190 g/mol. The van der Waals surface area contributed by atoms with Crippen molar-refractivity contribution in [1.29, 1.82) is 0 Å². The van der Waals surface area contributed by atoms with Gasteiger partial charge in [-0.2, -0.15) is 0 Å². The molecule has 474 valence electrons. The zero-order chi connectivity index (χ0) is 60.3. The standard InChI is InChI=1S/C54H90N6O23/c1-32-3-9-36(10-4-32)52(73)58-26-35-7-5-34(6-8-35)23-37(53(74)57-13-16-77-18-21-79-46-25-39(66)49(70)41(30-62)82-46)60(27-43(67)55-11-14-75-17-20-78-45-24-38(65)48(69)40(29-61)81-45)28-44(68)56-12-15-76-19-22-80-54-47(59-33(2)64)51(72)50(71)42(31-63)83-54/h5-8,32,36-42,45-51,54,61-63,65-66,69-72H,3-4,9-31H2,1-2H3,(H,55,67)(H,56,68)(H,57,74)(H,58,73)(H,59,64). The number of carbonyl (C=O) groups excluding carboxylic acids is 5. The topological polar surface area (TPSA) is 414 Å². The van der Waals surface area contributed by atoms with Crippen molar-refractivity contribution in [3.63, 3.8) is 0 Å². The van der Waals surface area contributed by atoms with Crippen LogP contribution in [0, 0.1) is 11.8 Å². The Morgan fingerprint density at radius 1 is 0.578 bits per heavy atom. The van der Waals surface area contributed by atoms with Crippen LogP contribution in [0.2, 0.25) is 0 Å². The molecule has 14 N–H and O–H groups in total. The van der Waals surface area contributed by atoms with Crippen molar-refractivity contribution < 1.29 is 113 Å². The number of nitrogens with one attached hydrogen (secondary N) is 5. The maximum absolute atomic E-state index is 14.3. The van der Waals surface area contributed by atoms with Gasteiger partial charge in [0.15, 0.2) is 18.9 Å². The molecule has 83 heavy (non-hydrogen) atoms.